The standard InChI is InChI=1S/C18H21N3O2/c22-17(21-10-12-23-13-11-21)14-20-18(15-6-2-1-3-7-15)16-8-4-5-9-19-16/h1-9,18,20H,10-14H2. The van der Waals surface area contributed by atoms with Crippen molar-refractivity contribution >= 4 is 5.91 Å². The van der Waals surface area contributed by atoms with E-state index in [2.05, 4.69) is 10.3 Å². The molecule has 0 radical (unpaired) electrons. The first-order valence-corrected chi connectivity index (χ1v) is 7.89. The van der Waals surface area contributed by atoms with Crippen molar-refractivity contribution < 1.29 is 9.53 Å². The Balaban J connectivity index is 1.70. The lowest BCUT2D eigenvalue weighted by atomic mass is 10.0. The van der Waals surface area contributed by atoms with Crippen LogP contribution >= 0.6 is 0 Å². The lowest BCUT2D eigenvalue weighted by molar-refractivity contribution is -0.134. The molecular formula is C18H21N3O2. The van der Waals surface area contributed by atoms with Crippen molar-refractivity contribution in [3.63, 3.8) is 0 Å². The molecule has 5 nitrogen and oxygen atoms in total. The average Bonchev–Trinajstić information content (AvgIpc) is 2.64. The Kier molecular flexibility index (Phi) is 5.34. The molecule has 5 heteroatoms. The van der Waals surface area contributed by atoms with Gasteiger partial charge in [0.2, 0.25) is 5.91 Å². The molecule has 0 bridgehead atoms. The van der Waals surface area contributed by atoms with Gasteiger partial charge < -0.3 is 9.64 Å². The number of morpholine rings is 1. The molecule has 23 heavy (non-hydrogen) atoms. The molecule has 1 saturated heterocycles. The van der Waals surface area contributed by atoms with Crippen molar-refractivity contribution in [1.29, 1.82) is 0 Å². The van der Waals surface area contributed by atoms with E-state index in [9.17, 15) is 4.79 Å². The molecule has 1 unspecified atom stereocenters. The summed E-state index contributed by atoms with van der Waals surface area (Å²) in [7, 11) is 0. The molecule has 1 aromatic carbocycles. The Labute approximate surface area is 136 Å². The van der Waals surface area contributed by atoms with E-state index in [4.69, 9.17) is 4.74 Å². The van der Waals surface area contributed by atoms with Crippen molar-refractivity contribution in [1.82, 2.24) is 15.2 Å². The zero-order chi connectivity index (χ0) is 15.9. The highest BCUT2D eigenvalue weighted by Gasteiger charge is 2.20. The highest BCUT2D eigenvalue weighted by atomic mass is 16.5. The minimum absolute atomic E-state index is 0.0950. The van der Waals surface area contributed by atoms with Crippen LogP contribution in [-0.4, -0.2) is 48.6 Å². The van der Waals surface area contributed by atoms with Crippen LogP contribution in [0.5, 0.6) is 0 Å². The SMILES string of the molecule is O=C(CNC(c1ccccc1)c1ccccn1)N1CCOCC1. The van der Waals surface area contributed by atoms with Gasteiger partial charge in [-0.25, -0.2) is 0 Å². The molecule has 120 valence electrons. The molecule has 1 aromatic heterocycles. The van der Waals surface area contributed by atoms with Gasteiger partial charge in [0.05, 0.1) is 31.5 Å². The lowest BCUT2D eigenvalue weighted by Gasteiger charge is -2.28. The normalized spacial score (nSPS) is 16.1. The topological polar surface area (TPSA) is 54.5 Å². The van der Waals surface area contributed by atoms with E-state index in [0.717, 1.165) is 11.3 Å². The summed E-state index contributed by atoms with van der Waals surface area (Å²) in [6, 6.07) is 15.8. The fourth-order valence-corrected chi connectivity index (χ4v) is 2.70. The molecule has 0 aliphatic carbocycles. The van der Waals surface area contributed by atoms with E-state index in [1.807, 2.05) is 53.4 Å². The van der Waals surface area contributed by atoms with E-state index in [-0.39, 0.29) is 18.5 Å². The van der Waals surface area contributed by atoms with Gasteiger partial charge >= 0.3 is 0 Å². The number of carbonyl (C=O) groups excluding carboxylic acids is 1. The van der Waals surface area contributed by atoms with E-state index >= 15 is 0 Å². The molecule has 1 fully saturated rings. The quantitative estimate of drug-likeness (QED) is 0.912. The summed E-state index contributed by atoms with van der Waals surface area (Å²) in [5, 5.41) is 3.35. The van der Waals surface area contributed by atoms with Gasteiger partial charge in [0.1, 0.15) is 0 Å². The van der Waals surface area contributed by atoms with Gasteiger partial charge in [-0.05, 0) is 17.7 Å². The van der Waals surface area contributed by atoms with Gasteiger partial charge in [-0.15, -0.1) is 0 Å². The molecule has 1 aliphatic rings. The van der Waals surface area contributed by atoms with Gasteiger partial charge in [0.15, 0.2) is 0 Å². The van der Waals surface area contributed by atoms with Crippen molar-refractivity contribution in [3.8, 4) is 0 Å². The van der Waals surface area contributed by atoms with Crippen molar-refractivity contribution in [2.45, 2.75) is 6.04 Å². The highest BCUT2D eigenvalue weighted by Crippen LogP contribution is 2.19. The Bertz CT molecular complexity index is 573. The molecule has 0 spiro atoms. The predicted molar refractivity (Wildman–Crippen MR) is 87.9 cm³/mol. The Morgan fingerprint density at radius 3 is 2.57 bits per heavy atom. The number of hydrogen-bond donors (Lipinski definition) is 1. The monoisotopic (exact) mass is 311 g/mol. The maximum atomic E-state index is 12.4. The van der Waals surface area contributed by atoms with Crippen LogP contribution in [0.3, 0.4) is 0 Å². The van der Waals surface area contributed by atoms with E-state index < -0.39 is 0 Å². The van der Waals surface area contributed by atoms with Gasteiger partial charge in [-0.1, -0.05) is 36.4 Å². The largest absolute Gasteiger partial charge is 0.378 e. The number of nitrogens with zero attached hydrogens (tertiary/aromatic N) is 2. The Morgan fingerprint density at radius 1 is 1.13 bits per heavy atom. The molecule has 1 atom stereocenters. The summed E-state index contributed by atoms with van der Waals surface area (Å²) in [5.74, 6) is 0.102. The Hall–Kier alpha value is -2.24. The number of nitrogens with one attached hydrogen (secondary N) is 1. The van der Waals surface area contributed by atoms with Gasteiger partial charge in [-0.2, -0.15) is 0 Å². The van der Waals surface area contributed by atoms with Crippen molar-refractivity contribution in [2.24, 2.45) is 0 Å². The first-order chi connectivity index (χ1) is 11.3. The number of carbonyl (C=O) groups is 1. The fraction of sp³-hybridized carbons (Fsp3) is 0.333. The number of benzene rings is 1. The number of aromatic nitrogens is 1. The molecule has 2 aromatic rings. The number of amides is 1. The van der Waals surface area contributed by atoms with Crippen LogP contribution in [0.25, 0.3) is 0 Å². The second-order valence-corrected chi connectivity index (χ2v) is 5.47. The van der Waals surface area contributed by atoms with E-state index in [1.165, 1.54) is 0 Å². The summed E-state index contributed by atoms with van der Waals surface area (Å²) in [6.45, 7) is 2.86. The zero-order valence-electron chi connectivity index (χ0n) is 13.0. The molecule has 0 saturated carbocycles. The van der Waals surface area contributed by atoms with Crippen LogP contribution in [0.15, 0.2) is 54.7 Å². The number of rotatable bonds is 5. The highest BCUT2D eigenvalue weighted by molar-refractivity contribution is 5.78. The number of ether oxygens (including phenoxy) is 1. The van der Waals surface area contributed by atoms with Gasteiger partial charge in [0.25, 0.3) is 0 Å². The second kappa shape index (κ2) is 7.85. The van der Waals surface area contributed by atoms with Crippen LogP contribution in [0.4, 0.5) is 0 Å². The number of hydrogen-bond acceptors (Lipinski definition) is 4. The molecule has 1 aliphatic heterocycles. The molecule has 1 N–H and O–H groups in total. The molecule has 3 rings (SSSR count). The fourth-order valence-electron chi connectivity index (χ4n) is 2.70. The summed E-state index contributed by atoms with van der Waals surface area (Å²) in [5.41, 5.74) is 2.01. The minimum Gasteiger partial charge on any atom is -0.378 e. The van der Waals surface area contributed by atoms with Crippen LogP contribution < -0.4 is 5.32 Å². The summed E-state index contributed by atoms with van der Waals surface area (Å²) >= 11 is 0. The first-order valence-electron chi connectivity index (χ1n) is 7.89. The van der Waals surface area contributed by atoms with Crippen molar-refractivity contribution in [2.75, 3.05) is 32.8 Å². The summed E-state index contributed by atoms with van der Waals surface area (Å²) in [4.78, 5) is 18.6. The molecule has 2 heterocycles. The molecule has 1 amide bonds. The third kappa shape index (κ3) is 4.15. The lowest BCUT2D eigenvalue weighted by Crippen LogP contribution is -2.45. The Morgan fingerprint density at radius 2 is 1.87 bits per heavy atom. The first kappa shape index (κ1) is 15.6. The van der Waals surface area contributed by atoms with Crippen LogP contribution in [0, 0.1) is 0 Å². The van der Waals surface area contributed by atoms with Crippen LogP contribution in [0.2, 0.25) is 0 Å². The van der Waals surface area contributed by atoms with Gasteiger partial charge in [0, 0.05) is 19.3 Å². The maximum absolute atomic E-state index is 12.4. The second-order valence-electron chi connectivity index (χ2n) is 5.47. The van der Waals surface area contributed by atoms with Crippen LogP contribution in [0.1, 0.15) is 17.3 Å². The van der Waals surface area contributed by atoms with E-state index in [1.54, 1.807) is 6.20 Å². The van der Waals surface area contributed by atoms with Crippen LogP contribution in [-0.2, 0) is 9.53 Å². The maximum Gasteiger partial charge on any atom is 0.236 e. The summed E-state index contributed by atoms with van der Waals surface area (Å²) < 4.78 is 5.29. The molecular weight excluding hydrogens is 290 g/mol. The third-order valence-electron chi connectivity index (χ3n) is 3.94. The van der Waals surface area contributed by atoms with Gasteiger partial charge in [-0.3, -0.25) is 15.1 Å². The smallest absolute Gasteiger partial charge is 0.236 e. The third-order valence-corrected chi connectivity index (χ3v) is 3.94. The zero-order valence-corrected chi connectivity index (χ0v) is 13.0. The summed E-state index contributed by atoms with van der Waals surface area (Å²) in [6.07, 6.45) is 1.77. The van der Waals surface area contributed by atoms with E-state index in [0.29, 0.717) is 26.3 Å². The minimum atomic E-state index is -0.0950. The predicted octanol–water partition coefficient (Wildman–Crippen LogP) is 1.62. The van der Waals surface area contributed by atoms with Crippen molar-refractivity contribution in [3.05, 3.63) is 66.0 Å². The average molecular weight is 311 g/mol. The number of pyridine rings is 1.